The first kappa shape index (κ1) is 24.8. The Bertz CT molecular complexity index is 957. The molecule has 1 aliphatic rings. The zero-order valence-corrected chi connectivity index (χ0v) is 20.1. The SMILES string of the molecule is CCCC(=O)OC[C@@H](O)CN(CCCOC)Cc1nc2sc3c(c2c(=O)[nH]1)CC[C@H](C)C3. The molecule has 178 valence electrons. The Balaban J connectivity index is 1.71. The number of hydrogen-bond acceptors (Lipinski definition) is 8. The highest BCUT2D eigenvalue weighted by Crippen LogP contribution is 2.35. The van der Waals surface area contributed by atoms with Crippen LogP contribution in [0.1, 0.15) is 55.8 Å². The molecule has 2 aromatic rings. The Morgan fingerprint density at radius 3 is 3.00 bits per heavy atom. The minimum absolute atomic E-state index is 0.0432. The molecule has 0 unspecified atom stereocenters. The van der Waals surface area contributed by atoms with Gasteiger partial charge in [-0.3, -0.25) is 14.5 Å². The molecule has 2 atom stereocenters. The van der Waals surface area contributed by atoms with E-state index in [1.54, 1.807) is 18.4 Å². The molecule has 0 saturated carbocycles. The third-order valence-corrected chi connectivity index (χ3v) is 6.92. The van der Waals surface area contributed by atoms with E-state index in [9.17, 15) is 14.7 Å². The number of fused-ring (bicyclic) bond motifs is 3. The van der Waals surface area contributed by atoms with Crippen LogP contribution in [-0.4, -0.2) is 65.5 Å². The third kappa shape index (κ3) is 6.60. The van der Waals surface area contributed by atoms with Crippen LogP contribution in [0.5, 0.6) is 0 Å². The van der Waals surface area contributed by atoms with Crippen LogP contribution in [0.25, 0.3) is 10.2 Å². The summed E-state index contributed by atoms with van der Waals surface area (Å²) in [4.78, 5) is 36.3. The maximum absolute atomic E-state index is 12.9. The molecular weight excluding hydrogens is 430 g/mol. The Morgan fingerprint density at radius 2 is 2.25 bits per heavy atom. The number of nitrogens with one attached hydrogen (secondary N) is 1. The average Bonchev–Trinajstić information content (AvgIpc) is 3.10. The van der Waals surface area contributed by atoms with Crippen molar-refractivity contribution in [2.75, 3.05) is 33.4 Å². The van der Waals surface area contributed by atoms with Crippen molar-refractivity contribution in [2.24, 2.45) is 5.92 Å². The lowest BCUT2D eigenvalue weighted by atomic mass is 9.89. The van der Waals surface area contributed by atoms with Crippen LogP contribution in [-0.2, 0) is 33.7 Å². The standard InChI is InChI=1S/C23H35N3O5S/c1-4-6-20(28)31-14-16(27)12-26(9-5-10-30-3)13-19-24-22(29)21-17-8-7-15(2)11-18(17)32-23(21)25-19/h15-16,27H,4-14H2,1-3H3,(H,24,25,29)/t15-,16-/m0/s1. The van der Waals surface area contributed by atoms with Crippen molar-refractivity contribution >= 4 is 27.5 Å². The van der Waals surface area contributed by atoms with E-state index in [1.807, 2.05) is 11.8 Å². The second-order valence-electron chi connectivity index (χ2n) is 8.71. The van der Waals surface area contributed by atoms with Crippen molar-refractivity contribution in [3.8, 4) is 0 Å². The molecule has 0 amide bonds. The van der Waals surface area contributed by atoms with E-state index in [-0.39, 0.29) is 18.1 Å². The molecule has 32 heavy (non-hydrogen) atoms. The second-order valence-corrected chi connectivity index (χ2v) is 9.80. The number of aromatic nitrogens is 2. The zero-order valence-electron chi connectivity index (χ0n) is 19.3. The van der Waals surface area contributed by atoms with E-state index >= 15 is 0 Å². The molecule has 0 aliphatic heterocycles. The van der Waals surface area contributed by atoms with Crippen LogP contribution in [0.2, 0.25) is 0 Å². The van der Waals surface area contributed by atoms with Crippen LogP contribution < -0.4 is 5.56 Å². The number of esters is 1. The highest BCUT2D eigenvalue weighted by Gasteiger charge is 2.23. The molecule has 8 nitrogen and oxygen atoms in total. The number of methoxy groups -OCH3 is 1. The molecule has 3 rings (SSSR count). The van der Waals surface area contributed by atoms with Gasteiger partial charge in [-0.05, 0) is 43.6 Å². The lowest BCUT2D eigenvalue weighted by Crippen LogP contribution is -2.37. The molecular formula is C23H35N3O5S. The summed E-state index contributed by atoms with van der Waals surface area (Å²) in [5.74, 6) is 0.921. The van der Waals surface area contributed by atoms with Gasteiger partial charge in [0, 0.05) is 38.1 Å². The third-order valence-electron chi connectivity index (χ3n) is 5.77. The normalized spacial score (nSPS) is 17.0. The van der Waals surface area contributed by atoms with E-state index in [0.29, 0.717) is 50.8 Å². The molecule has 0 radical (unpaired) electrons. The Hall–Kier alpha value is -1.81. The molecule has 1 aliphatic carbocycles. The molecule has 0 saturated heterocycles. The fourth-order valence-electron chi connectivity index (χ4n) is 4.16. The van der Waals surface area contributed by atoms with Gasteiger partial charge in [0.2, 0.25) is 0 Å². The van der Waals surface area contributed by atoms with Gasteiger partial charge in [-0.15, -0.1) is 11.3 Å². The average molecular weight is 466 g/mol. The van der Waals surface area contributed by atoms with Crippen LogP contribution in [0.3, 0.4) is 0 Å². The maximum atomic E-state index is 12.9. The van der Waals surface area contributed by atoms with E-state index in [1.165, 1.54) is 10.4 Å². The Labute approximate surface area is 192 Å². The monoisotopic (exact) mass is 465 g/mol. The first-order valence-corrected chi connectivity index (χ1v) is 12.3. The molecule has 0 fully saturated rings. The predicted octanol–water partition coefficient (Wildman–Crippen LogP) is 2.65. The van der Waals surface area contributed by atoms with Crippen molar-refractivity contribution < 1.29 is 19.4 Å². The Morgan fingerprint density at radius 1 is 1.44 bits per heavy atom. The van der Waals surface area contributed by atoms with Crippen molar-refractivity contribution in [1.29, 1.82) is 0 Å². The number of aliphatic hydroxyl groups excluding tert-OH is 1. The summed E-state index contributed by atoms with van der Waals surface area (Å²) in [7, 11) is 1.65. The number of ether oxygens (including phenoxy) is 2. The molecule has 9 heteroatoms. The van der Waals surface area contributed by atoms with Gasteiger partial charge in [0.25, 0.3) is 5.56 Å². The smallest absolute Gasteiger partial charge is 0.305 e. The second kappa shape index (κ2) is 11.9. The number of aromatic amines is 1. The van der Waals surface area contributed by atoms with E-state index in [0.717, 1.165) is 35.9 Å². The molecule has 0 bridgehead atoms. The van der Waals surface area contributed by atoms with E-state index in [4.69, 9.17) is 14.5 Å². The van der Waals surface area contributed by atoms with Crippen molar-refractivity contribution in [3.05, 3.63) is 26.6 Å². The van der Waals surface area contributed by atoms with Crippen LogP contribution >= 0.6 is 11.3 Å². The summed E-state index contributed by atoms with van der Waals surface area (Å²) >= 11 is 1.63. The largest absolute Gasteiger partial charge is 0.463 e. The number of carbonyl (C=O) groups is 1. The highest BCUT2D eigenvalue weighted by molar-refractivity contribution is 7.18. The number of rotatable bonds is 12. The molecule has 2 heterocycles. The molecule has 2 aromatic heterocycles. The number of hydrogen-bond donors (Lipinski definition) is 2. The quantitative estimate of drug-likeness (QED) is 0.367. The van der Waals surface area contributed by atoms with Gasteiger partial charge < -0.3 is 19.6 Å². The lowest BCUT2D eigenvalue weighted by molar-refractivity contribution is -0.147. The van der Waals surface area contributed by atoms with E-state index in [2.05, 4.69) is 11.9 Å². The summed E-state index contributed by atoms with van der Waals surface area (Å²) in [6.07, 6.45) is 4.07. The fourth-order valence-corrected chi connectivity index (χ4v) is 5.57. The zero-order chi connectivity index (χ0) is 23.1. The van der Waals surface area contributed by atoms with E-state index < -0.39 is 6.10 Å². The molecule has 2 N–H and O–H groups in total. The first-order valence-electron chi connectivity index (χ1n) is 11.5. The van der Waals surface area contributed by atoms with Crippen LogP contribution in [0, 0.1) is 5.92 Å². The minimum Gasteiger partial charge on any atom is -0.463 e. The number of aryl methyl sites for hydroxylation is 1. The number of aliphatic hydroxyl groups is 1. The van der Waals surface area contributed by atoms with Crippen molar-refractivity contribution in [2.45, 2.75) is 65.0 Å². The number of H-pyrrole nitrogens is 1. The Kier molecular flexibility index (Phi) is 9.22. The van der Waals surface area contributed by atoms with Crippen molar-refractivity contribution in [3.63, 3.8) is 0 Å². The minimum atomic E-state index is -0.815. The van der Waals surface area contributed by atoms with Gasteiger partial charge in [0.15, 0.2) is 0 Å². The van der Waals surface area contributed by atoms with Gasteiger partial charge in [0.1, 0.15) is 23.4 Å². The summed E-state index contributed by atoms with van der Waals surface area (Å²) in [5, 5.41) is 11.1. The van der Waals surface area contributed by atoms with Crippen molar-refractivity contribution in [1.82, 2.24) is 14.9 Å². The van der Waals surface area contributed by atoms with Gasteiger partial charge in [-0.25, -0.2) is 4.98 Å². The molecule has 0 aromatic carbocycles. The maximum Gasteiger partial charge on any atom is 0.305 e. The van der Waals surface area contributed by atoms with Crippen LogP contribution in [0.15, 0.2) is 4.79 Å². The van der Waals surface area contributed by atoms with Crippen LogP contribution in [0.4, 0.5) is 0 Å². The number of thiophene rings is 1. The summed E-state index contributed by atoms with van der Waals surface area (Å²) in [6.45, 7) is 6.07. The number of carbonyl (C=O) groups excluding carboxylic acids is 1. The van der Waals surface area contributed by atoms with Gasteiger partial charge in [-0.2, -0.15) is 0 Å². The molecule has 0 spiro atoms. The summed E-state index contributed by atoms with van der Waals surface area (Å²) < 4.78 is 10.3. The lowest BCUT2D eigenvalue weighted by Gasteiger charge is -2.24. The predicted molar refractivity (Wildman–Crippen MR) is 125 cm³/mol. The summed E-state index contributed by atoms with van der Waals surface area (Å²) in [6, 6.07) is 0. The fraction of sp³-hybridized carbons (Fsp3) is 0.696. The van der Waals surface area contributed by atoms with Gasteiger partial charge in [0.05, 0.1) is 11.9 Å². The summed E-state index contributed by atoms with van der Waals surface area (Å²) in [5.41, 5.74) is 1.09. The topological polar surface area (TPSA) is 105 Å². The number of nitrogens with zero attached hydrogens (tertiary/aromatic N) is 2. The van der Waals surface area contributed by atoms with Gasteiger partial charge >= 0.3 is 5.97 Å². The van der Waals surface area contributed by atoms with Gasteiger partial charge in [-0.1, -0.05) is 13.8 Å². The first-order chi connectivity index (χ1) is 15.4. The highest BCUT2D eigenvalue weighted by atomic mass is 32.1.